The van der Waals surface area contributed by atoms with Gasteiger partial charge < -0.3 is 0 Å². The number of benzene rings is 2. The predicted molar refractivity (Wildman–Crippen MR) is 215 cm³/mol. The first-order valence-corrected chi connectivity index (χ1v) is 18.9. The number of aryl methyl sites for hydroxylation is 1. The molecule has 0 radical (unpaired) electrons. The second-order valence-electron chi connectivity index (χ2n) is 23.3. The van der Waals surface area contributed by atoms with Gasteiger partial charge >= 0.3 is 0 Å². The fourth-order valence-corrected chi connectivity index (χ4v) is 8.25. The molecule has 2 aromatic rings. The van der Waals surface area contributed by atoms with Gasteiger partial charge in [-0.2, -0.15) is 0 Å². The molecule has 0 spiro atoms. The van der Waals surface area contributed by atoms with Crippen molar-refractivity contribution in [2.24, 2.45) is 0 Å². The van der Waals surface area contributed by atoms with Crippen LogP contribution in [0.1, 0.15) is 228 Å². The molecule has 0 heterocycles. The molecule has 268 valence electrons. The zero-order valence-corrected chi connectivity index (χ0v) is 36.3. The van der Waals surface area contributed by atoms with Gasteiger partial charge in [0.25, 0.3) is 0 Å². The Morgan fingerprint density at radius 1 is 0.298 bits per heavy atom. The maximum absolute atomic E-state index is 2.65. The molecule has 0 aliphatic carbocycles. The summed E-state index contributed by atoms with van der Waals surface area (Å²) in [5, 5.41) is 0. The summed E-state index contributed by atoms with van der Waals surface area (Å²) in [5.74, 6) is 0. The first-order chi connectivity index (χ1) is 20.4. The van der Waals surface area contributed by atoms with Crippen LogP contribution in [0.4, 0.5) is 0 Å². The van der Waals surface area contributed by atoms with Crippen molar-refractivity contribution in [3.05, 3.63) is 67.8 Å². The van der Waals surface area contributed by atoms with E-state index >= 15 is 0 Å². The lowest BCUT2D eigenvalue weighted by molar-refractivity contribution is 0.472. The van der Waals surface area contributed by atoms with Crippen LogP contribution in [0.3, 0.4) is 0 Å². The molecule has 0 saturated heterocycles. The molecule has 0 N–H and O–H groups in total. The Morgan fingerprint density at radius 2 is 0.596 bits per heavy atom. The Hall–Kier alpha value is -1.56. The Labute approximate surface area is 295 Å². The minimum atomic E-state index is 0.0443. The second-order valence-corrected chi connectivity index (χ2v) is 23.3. The molecule has 0 bridgehead atoms. The number of hydrogen-bond acceptors (Lipinski definition) is 0. The van der Waals surface area contributed by atoms with Crippen LogP contribution in [0.15, 0.2) is 12.1 Å². The summed E-state index contributed by atoms with van der Waals surface area (Å²) >= 11 is 0. The fraction of sp³-hybridized carbons (Fsp3) is 0.745. The van der Waals surface area contributed by atoms with E-state index in [2.05, 4.69) is 178 Å². The van der Waals surface area contributed by atoms with Crippen LogP contribution >= 0.6 is 0 Å². The lowest BCUT2D eigenvalue weighted by atomic mass is 9.62. The zero-order chi connectivity index (χ0) is 37.3. The molecule has 0 nitrogen and oxygen atoms in total. The third kappa shape index (κ3) is 9.37. The van der Waals surface area contributed by atoms with E-state index in [1.54, 1.807) is 38.9 Å². The number of hydrogen-bond donors (Lipinski definition) is 0. The average Bonchev–Trinajstić information content (AvgIpc) is 2.77. The van der Waals surface area contributed by atoms with E-state index in [4.69, 9.17) is 0 Å². The molecule has 0 unspecified atom stereocenters. The van der Waals surface area contributed by atoms with E-state index in [9.17, 15) is 0 Å². The highest BCUT2D eigenvalue weighted by atomic mass is 14.4. The lowest BCUT2D eigenvalue weighted by Gasteiger charge is -2.42. The highest BCUT2D eigenvalue weighted by Gasteiger charge is 2.39. The highest BCUT2D eigenvalue weighted by Crippen LogP contribution is 2.49. The van der Waals surface area contributed by atoms with Crippen molar-refractivity contribution in [3.63, 3.8) is 0 Å². The summed E-state index contributed by atoms with van der Waals surface area (Å²) in [4.78, 5) is 0. The molecule has 0 heteroatoms. The van der Waals surface area contributed by atoms with Crippen LogP contribution in [0.2, 0.25) is 0 Å². The molecule has 0 aromatic heterocycles. The normalized spacial score (nSPS) is 14.6. The Kier molecular flexibility index (Phi) is 11.2. The zero-order valence-electron chi connectivity index (χ0n) is 36.3. The molecule has 0 amide bonds. The summed E-state index contributed by atoms with van der Waals surface area (Å²) in [6.07, 6.45) is 3.35. The summed E-state index contributed by atoms with van der Waals surface area (Å²) in [6, 6.07) is 5.26. The predicted octanol–water partition coefficient (Wildman–Crippen LogP) is 14.2. The monoisotopic (exact) mass is 645 g/mol. The topological polar surface area (TPSA) is 0 Å². The van der Waals surface area contributed by atoms with Gasteiger partial charge in [-0.1, -0.05) is 178 Å². The van der Waals surface area contributed by atoms with Crippen molar-refractivity contribution in [1.82, 2.24) is 0 Å². The van der Waals surface area contributed by atoms with E-state index < -0.39 is 0 Å². The van der Waals surface area contributed by atoms with Crippen molar-refractivity contribution < 1.29 is 0 Å². The third-order valence-electron chi connectivity index (χ3n) is 9.89. The van der Waals surface area contributed by atoms with Gasteiger partial charge in [-0.3, -0.25) is 0 Å². The maximum Gasteiger partial charge on any atom is -0.0126 e. The first-order valence-electron chi connectivity index (χ1n) is 18.9. The quantitative estimate of drug-likeness (QED) is 0.311. The van der Waals surface area contributed by atoms with Crippen molar-refractivity contribution in [3.8, 4) is 0 Å². The number of rotatable bonds is 4. The van der Waals surface area contributed by atoms with Gasteiger partial charge in [0.1, 0.15) is 0 Å². The van der Waals surface area contributed by atoms with Crippen molar-refractivity contribution in [1.29, 1.82) is 0 Å². The van der Waals surface area contributed by atoms with Gasteiger partial charge in [0.05, 0.1) is 0 Å². The van der Waals surface area contributed by atoms with Crippen LogP contribution in [0.5, 0.6) is 0 Å². The highest BCUT2D eigenvalue weighted by molar-refractivity contribution is 5.58. The minimum Gasteiger partial charge on any atom is -0.0561 e. The van der Waals surface area contributed by atoms with Crippen molar-refractivity contribution in [2.75, 3.05) is 0 Å². The standard InChI is InChI=1S/C47H80/c1-40(2,3)32-28-30(35(43(10,11)12)39(47(22,23)24)38(32)46(19,20)21)26-25-27-31-36(44(13,14)15)33(41(4,5)6)29-34(42(7,8)9)37(31)45(16,17)18/h28-29H,25-27H2,1-24H3. The molecule has 0 atom stereocenters. The largest absolute Gasteiger partial charge is 0.0561 e. The van der Waals surface area contributed by atoms with Crippen molar-refractivity contribution in [2.45, 2.75) is 229 Å². The smallest absolute Gasteiger partial charge is 0.0126 e. The molecular weight excluding hydrogens is 565 g/mol. The summed E-state index contributed by atoms with van der Waals surface area (Å²) < 4.78 is 0. The molecule has 0 aliphatic rings. The van der Waals surface area contributed by atoms with Crippen molar-refractivity contribution >= 4 is 0 Å². The summed E-state index contributed by atoms with van der Waals surface area (Å²) in [5.41, 5.74) is 16.2. The third-order valence-corrected chi connectivity index (χ3v) is 9.89. The van der Waals surface area contributed by atoms with E-state index in [1.807, 2.05) is 0 Å². The van der Waals surface area contributed by atoms with Crippen LogP contribution in [0, 0.1) is 0 Å². The van der Waals surface area contributed by atoms with E-state index in [0.29, 0.717) is 0 Å². The van der Waals surface area contributed by atoms with Crippen LogP contribution in [-0.2, 0) is 56.2 Å². The van der Waals surface area contributed by atoms with Gasteiger partial charge in [0.2, 0.25) is 0 Å². The Balaban J connectivity index is 3.07. The van der Waals surface area contributed by atoms with E-state index in [-0.39, 0.29) is 43.3 Å². The SMILES string of the molecule is CC(C)(C)c1cc(C(C)(C)C)c(C(C)(C)C)c(CCCc2cc(C(C)(C)C)c(C(C)(C)C)c(C(C)(C)C)c2C(C)(C)C)c1C(C)(C)C. The van der Waals surface area contributed by atoms with Gasteiger partial charge in [-0.25, -0.2) is 0 Å². The molecule has 0 saturated carbocycles. The first kappa shape index (κ1) is 41.6. The molecule has 0 aliphatic heterocycles. The molecule has 2 aromatic carbocycles. The van der Waals surface area contributed by atoms with Gasteiger partial charge in [0.15, 0.2) is 0 Å². The van der Waals surface area contributed by atoms with Crippen LogP contribution in [0.25, 0.3) is 0 Å². The molecular formula is C47H80. The molecule has 47 heavy (non-hydrogen) atoms. The van der Waals surface area contributed by atoms with E-state index in [1.165, 1.54) is 16.7 Å². The maximum atomic E-state index is 2.65. The Bertz CT molecular complexity index is 1360. The van der Waals surface area contributed by atoms with Crippen LogP contribution < -0.4 is 0 Å². The van der Waals surface area contributed by atoms with Gasteiger partial charge in [0, 0.05) is 0 Å². The second kappa shape index (κ2) is 12.6. The van der Waals surface area contributed by atoms with E-state index in [0.717, 1.165) is 19.3 Å². The Morgan fingerprint density at radius 3 is 0.872 bits per heavy atom. The molecule has 0 fully saturated rings. The lowest BCUT2D eigenvalue weighted by Crippen LogP contribution is -2.33. The van der Waals surface area contributed by atoms with Gasteiger partial charge in [-0.05, 0) is 118 Å². The van der Waals surface area contributed by atoms with Gasteiger partial charge in [-0.15, -0.1) is 0 Å². The summed E-state index contributed by atoms with van der Waals surface area (Å²) in [7, 11) is 0. The molecule has 2 rings (SSSR count). The minimum absolute atomic E-state index is 0.0443. The summed E-state index contributed by atoms with van der Waals surface area (Å²) in [6.45, 7) is 58.4. The fourth-order valence-electron chi connectivity index (χ4n) is 8.25. The van der Waals surface area contributed by atoms with Crippen LogP contribution in [-0.4, -0.2) is 0 Å². The average molecular weight is 645 g/mol.